The van der Waals surface area contributed by atoms with Gasteiger partial charge in [-0.15, -0.1) is 0 Å². The van der Waals surface area contributed by atoms with Crippen LogP contribution in [-0.4, -0.2) is 41.3 Å². The maximum Gasteiger partial charge on any atom is 0.211 e. The zero-order chi connectivity index (χ0) is 13.9. The highest BCUT2D eigenvalue weighted by Crippen LogP contribution is 2.22. The third-order valence-electron chi connectivity index (χ3n) is 3.75. The molecule has 1 aromatic carbocycles. The maximum atomic E-state index is 12.3. The van der Waals surface area contributed by atoms with Gasteiger partial charge in [-0.05, 0) is 18.6 Å². The van der Waals surface area contributed by atoms with Crippen molar-refractivity contribution in [2.45, 2.75) is 18.6 Å². The van der Waals surface area contributed by atoms with Crippen molar-refractivity contribution in [1.29, 1.82) is 0 Å². The van der Waals surface area contributed by atoms with Crippen LogP contribution in [0.15, 0.2) is 34.7 Å². The summed E-state index contributed by atoms with van der Waals surface area (Å²) in [7, 11) is 0. The van der Waals surface area contributed by atoms with Crippen molar-refractivity contribution >= 4 is 28.5 Å². The summed E-state index contributed by atoms with van der Waals surface area (Å²) in [6.45, 7) is 4.68. The normalized spacial score (nSPS) is 20.4. The van der Waals surface area contributed by atoms with Gasteiger partial charge in [0.25, 0.3) is 0 Å². The first-order valence-corrected chi connectivity index (χ1v) is 8.17. The highest BCUT2D eigenvalue weighted by Gasteiger charge is 2.22. The molecule has 0 aliphatic carbocycles. The Bertz CT molecular complexity index is 574. The van der Waals surface area contributed by atoms with Crippen molar-refractivity contribution in [3.8, 4) is 0 Å². The molecule has 4 heteroatoms. The largest absolute Gasteiger partial charge is 0.453 e. The number of thioether (sulfide) groups is 1. The SMILES string of the molecule is CCC1CN(CC(=O)c2cc3ccccc3o2)CCS1. The number of para-hydroxylation sites is 1. The number of benzene rings is 1. The number of hydrogen-bond acceptors (Lipinski definition) is 4. The van der Waals surface area contributed by atoms with E-state index in [2.05, 4.69) is 11.8 Å². The number of carbonyl (C=O) groups is 1. The second-order valence-corrected chi connectivity index (χ2v) is 6.62. The van der Waals surface area contributed by atoms with E-state index < -0.39 is 0 Å². The minimum absolute atomic E-state index is 0.0861. The molecule has 1 atom stereocenters. The van der Waals surface area contributed by atoms with E-state index in [4.69, 9.17) is 4.42 Å². The smallest absolute Gasteiger partial charge is 0.211 e. The number of fused-ring (bicyclic) bond motifs is 1. The summed E-state index contributed by atoms with van der Waals surface area (Å²) in [6.07, 6.45) is 1.17. The van der Waals surface area contributed by atoms with E-state index in [1.807, 2.05) is 42.1 Å². The van der Waals surface area contributed by atoms with E-state index in [1.54, 1.807) is 0 Å². The van der Waals surface area contributed by atoms with Gasteiger partial charge in [0.05, 0.1) is 6.54 Å². The summed E-state index contributed by atoms with van der Waals surface area (Å²) in [5.41, 5.74) is 0.788. The van der Waals surface area contributed by atoms with Gasteiger partial charge in [-0.1, -0.05) is 25.1 Å². The highest BCUT2D eigenvalue weighted by molar-refractivity contribution is 8.00. The van der Waals surface area contributed by atoms with E-state index in [0.29, 0.717) is 17.6 Å². The molecule has 1 aliphatic heterocycles. The lowest BCUT2D eigenvalue weighted by atomic mass is 10.2. The molecule has 0 radical (unpaired) electrons. The minimum atomic E-state index is 0.0861. The molecule has 3 rings (SSSR count). The Labute approximate surface area is 123 Å². The molecule has 1 fully saturated rings. The van der Waals surface area contributed by atoms with Gasteiger partial charge in [-0.2, -0.15) is 11.8 Å². The monoisotopic (exact) mass is 289 g/mol. The van der Waals surface area contributed by atoms with Crippen molar-refractivity contribution in [2.24, 2.45) is 0 Å². The van der Waals surface area contributed by atoms with Gasteiger partial charge in [0.15, 0.2) is 5.76 Å². The maximum absolute atomic E-state index is 12.3. The number of hydrogen-bond donors (Lipinski definition) is 0. The lowest BCUT2D eigenvalue weighted by Crippen LogP contribution is -2.40. The molecule has 0 spiro atoms. The predicted molar refractivity (Wildman–Crippen MR) is 83.5 cm³/mol. The van der Waals surface area contributed by atoms with Crippen molar-refractivity contribution in [1.82, 2.24) is 4.90 Å². The molecular weight excluding hydrogens is 270 g/mol. The number of ketones is 1. The van der Waals surface area contributed by atoms with Crippen LogP contribution in [0, 0.1) is 0 Å². The van der Waals surface area contributed by atoms with Gasteiger partial charge >= 0.3 is 0 Å². The van der Waals surface area contributed by atoms with Crippen LogP contribution in [-0.2, 0) is 0 Å². The molecule has 2 aromatic rings. The summed E-state index contributed by atoms with van der Waals surface area (Å²) in [5.74, 6) is 1.69. The molecule has 3 nitrogen and oxygen atoms in total. The molecule has 106 valence electrons. The Hall–Kier alpha value is -1.26. The van der Waals surface area contributed by atoms with Crippen molar-refractivity contribution in [3.05, 3.63) is 36.1 Å². The van der Waals surface area contributed by atoms with E-state index in [0.717, 1.165) is 29.8 Å². The lowest BCUT2D eigenvalue weighted by molar-refractivity contribution is 0.0907. The third-order valence-corrected chi connectivity index (χ3v) is 5.12. The first kappa shape index (κ1) is 13.7. The molecule has 1 aromatic heterocycles. The average Bonchev–Trinajstić information content (AvgIpc) is 2.91. The van der Waals surface area contributed by atoms with Crippen LogP contribution in [0.4, 0.5) is 0 Å². The van der Waals surface area contributed by atoms with Gasteiger partial charge < -0.3 is 4.42 Å². The van der Waals surface area contributed by atoms with Gasteiger partial charge in [0, 0.05) is 29.5 Å². The van der Waals surface area contributed by atoms with Crippen molar-refractivity contribution in [3.63, 3.8) is 0 Å². The number of nitrogens with zero attached hydrogens (tertiary/aromatic N) is 1. The van der Waals surface area contributed by atoms with Crippen LogP contribution < -0.4 is 0 Å². The second-order valence-electron chi connectivity index (χ2n) is 5.21. The molecule has 20 heavy (non-hydrogen) atoms. The summed E-state index contributed by atoms with van der Waals surface area (Å²) >= 11 is 2.02. The van der Waals surface area contributed by atoms with Crippen molar-refractivity contribution in [2.75, 3.05) is 25.4 Å². The summed E-state index contributed by atoms with van der Waals surface area (Å²) in [6, 6.07) is 9.61. The zero-order valence-electron chi connectivity index (χ0n) is 11.7. The Morgan fingerprint density at radius 1 is 1.45 bits per heavy atom. The molecule has 0 saturated carbocycles. The van der Waals surface area contributed by atoms with Crippen LogP contribution in [0.5, 0.6) is 0 Å². The lowest BCUT2D eigenvalue weighted by Gasteiger charge is -2.30. The first-order valence-electron chi connectivity index (χ1n) is 7.12. The second kappa shape index (κ2) is 6.02. The predicted octanol–water partition coefficient (Wildman–Crippen LogP) is 3.44. The molecule has 1 saturated heterocycles. The average molecular weight is 289 g/mol. The number of rotatable bonds is 4. The third kappa shape index (κ3) is 2.91. The Kier molecular flexibility index (Phi) is 4.13. The highest BCUT2D eigenvalue weighted by atomic mass is 32.2. The van der Waals surface area contributed by atoms with E-state index in [-0.39, 0.29) is 5.78 Å². The van der Waals surface area contributed by atoms with Gasteiger partial charge in [0.2, 0.25) is 5.78 Å². The molecule has 0 amide bonds. The fourth-order valence-corrected chi connectivity index (χ4v) is 3.82. The first-order chi connectivity index (χ1) is 9.76. The quantitative estimate of drug-likeness (QED) is 0.807. The fraction of sp³-hybridized carbons (Fsp3) is 0.438. The standard InChI is InChI=1S/C16H19NO2S/c1-2-13-10-17(7-8-20-13)11-14(18)16-9-12-5-3-4-6-15(12)19-16/h3-6,9,13H,2,7-8,10-11H2,1H3. The Morgan fingerprint density at radius 2 is 2.30 bits per heavy atom. The Morgan fingerprint density at radius 3 is 3.10 bits per heavy atom. The Balaban J connectivity index is 1.69. The fourth-order valence-electron chi connectivity index (χ4n) is 2.57. The van der Waals surface area contributed by atoms with Crippen LogP contribution >= 0.6 is 11.8 Å². The van der Waals surface area contributed by atoms with Gasteiger partial charge in [-0.3, -0.25) is 9.69 Å². The molecule has 0 bridgehead atoms. The van der Waals surface area contributed by atoms with Crippen LogP contribution in [0.3, 0.4) is 0 Å². The summed E-state index contributed by atoms with van der Waals surface area (Å²) < 4.78 is 5.64. The molecule has 0 N–H and O–H groups in total. The molecular formula is C16H19NO2S. The molecule has 1 aliphatic rings. The van der Waals surface area contributed by atoms with E-state index in [9.17, 15) is 4.79 Å². The number of furan rings is 1. The van der Waals surface area contributed by atoms with Crippen molar-refractivity contribution < 1.29 is 9.21 Å². The number of carbonyl (C=O) groups excluding carboxylic acids is 1. The molecule has 2 heterocycles. The topological polar surface area (TPSA) is 33.5 Å². The van der Waals surface area contributed by atoms with Crippen LogP contribution in [0.1, 0.15) is 23.9 Å². The summed E-state index contributed by atoms with van der Waals surface area (Å²) in [4.78, 5) is 14.6. The van der Waals surface area contributed by atoms with E-state index >= 15 is 0 Å². The zero-order valence-corrected chi connectivity index (χ0v) is 12.5. The minimum Gasteiger partial charge on any atom is -0.453 e. The number of Topliss-reactive ketones (excluding diaryl/α,β-unsaturated/α-hetero) is 1. The van der Waals surface area contributed by atoms with Crippen LogP contribution in [0.25, 0.3) is 11.0 Å². The van der Waals surface area contributed by atoms with Gasteiger partial charge in [0.1, 0.15) is 5.58 Å². The molecule has 1 unspecified atom stereocenters. The van der Waals surface area contributed by atoms with Crippen LogP contribution in [0.2, 0.25) is 0 Å². The van der Waals surface area contributed by atoms with Gasteiger partial charge in [-0.25, -0.2) is 0 Å². The van der Waals surface area contributed by atoms with E-state index in [1.165, 1.54) is 6.42 Å². The summed E-state index contributed by atoms with van der Waals surface area (Å²) in [5, 5.41) is 1.66.